The van der Waals surface area contributed by atoms with Crippen LogP contribution in [0.1, 0.15) is 56.9 Å². The predicted octanol–water partition coefficient (Wildman–Crippen LogP) is 4.90. The summed E-state index contributed by atoms with van der Waals surface area (Å²) in [6.07, 6.45) is 12.2. The lowest BCUT2D eigenvalue weighted by atomic mass is 9.76. The van der Waals surface area contributed by atoms with E-state index in [1.54, 1.807) is 6.07 Å². The van der Waals surface area contributed by atoms with Crippen molar-refractivity contribution in [2.75, 3.05) is 18.4 Å². The van der Waals surface area contributed by atoms with Crippen molar-refractivity contribution in [3.8, 4) is 0 Å². The number of aromatic nitrogens is 1. The Kier molecular flexibility index (Phi) is 11.4. The largest absolute Gasteiger partial charge is 0.362 e. The van der Waals surface area contributed by atoms with E-state index in [9.17, 15) is 9.18 Å². The molecular weight excluding hydrogens is 454 g/mol. The van der Waals surface area contributed by atoms with Crippen molar-refractivity contribution in [1.82, 2.24) is 15.8 Å². The fourth-order valence-electron chi connectivity index (χ4n) is 4.38. The van der Waals surface area contributed by atoms with Gasteiger partial charge in [-0.2, -0.15) is 0 Å². The molecule has 3 rings (SSSR count). The number of nitrogens with zero attached hydrogens (tertiary/aromatic N) is 1. The zero-order valence-electron chi connectivity index (χ0n) is 16.8. The van der Waals surface area contributed by atoms with Crippen LogP contribution in [0.4, 0.5) is 10.2 Å². The molecule has 1 aromatic heterocycles. The van der Waals surface area contributed by atoms with Gasteiger partial charge in [0, 0.05) is 12.7 Å². The molecule has 2 fully saturated rings. The first-order valence-electron chi connectivity index (χ1n) is 9.97. The molecule has 0 spiro atoms. The summed E-state index contributed by atoms with van der Waals surface area (Å²) in [5.41, 5.74) is 1.51. The van der Waals surface area contributed by atoms with Crippen molar-refractivity contribution in [1.29, 1.82) is 0 Å². The molecule has 0 unspecified atom stereocenters. The monoisotopic (exact) mass is 482 g/mol. The molecule has 1 saturated carbocycles. The number of anilines is 1. The van der Waals surface area contributed by atoms with Gasteiger partial charge in [0.25, 0.3) is 0 Å². The maximum absolute atomic E-state index is 13.6. The van der Waals surface area contributed by atoms with Crippen LogP contribution in [0.3, 0.4) is 0 Å². The van der Waals surface area contributed by atoms with Gasteiger partial charge in [-0.25, -0.2) is 14.9 Å². The number of halogens is 4. The summed E-state index contributed by atoms with van der Waals surface area (Å²) in [4.78, 5) is 15.5. The van der Waals surface area contributed by atoms with Crippen LogP contribution in [-0.2, 0) is 4.79 Å². The Bertz CT molecular complexity index is 724. The zero-order valence-corrected chi connectivity index (χ0v) is 19.1. The van der Waals surface area contributed by atoms with E-state index < -0.39 is 11.7 Å². The number of amides is 1. The summed E-state index contributed by atoms with van der Waals surface area (Å²) >= 11 is 6.40. The average Bonchev–Trinajstić information content (AvgIpc) is 2.71. The molecular formula is C20H30Cl3FN4O2. The molecule has 30 heavy (non-hydrogen) atoms. The summed E-state index contributed by atoms with van der Waals surface area (Å²) < 4.78 is 13.6. The minimum Gasteiger partial charge on any atom is -0.362 e. The van der Waals surface area contributed by atoms with E-state index in [1.165, 1.54) is 43.8 Å². The molecule has 10 heteroatoms. The standard InChI is InChI=1S/C20H28ClFN4O2.2ClH/c21-16-9-15(10-17(22)19(27)26-28)12-24-18(16)25-20(7-4-8-23-13-20)11-14-5-2-1-3-6-14;;/h9-10,12,14,23,28H,1-8,11,13H2,(H,24,25)(H,26,27);2*1H/b17-10-;;/t20-;;/m1../s1. The second-order valence-corrected chi connectivity index (χ2v) is 8.33. The van der Waals surface area contributed by atoms with E-state index in [0.717, 1.165) is 38.4 Å². The Morgan fingerprint density at radius 2 is 2.07 bits per heavy atom. The molecule has 1 aromatic rings. The topological polar surface area (TPSA) is 86.3 Å². The minimum atomic E-state index is -1.21. The smallest absolute Gasteiger partial charge is 0.303 e. The summed E-state index contributed by atoms with van der Waals surface area (Å²) in [5.74, 6) is -1.04. The first-order chi connectivity index (χ1) is 13.5. The second-order valence-electron chi connectivity index (χ2n) is 7.93. The summed E-state index contributed by atoms with van der Waals surface area (Å²) in [6, 6.07) is 1.56. The highest BCUT2D eigenvalue weighted by atomic mass is 35.5. The van der Waals surface area contributed by atoms with Gasteiger partial charge in [0.2, 0.25) is 0 Å². The number of piperidine rings is 1. The Labute approximate surface area is 194 Å². The average molecular weight is 484 g/mol. The van der Waals surface area contributed by atoms with E-state index in [2.05, 4.69) is 15.6 Å². The van der Waals surface area contributed by atoms with Crippen LogP contribution in [-0.4, -0.2) is 34.7 Å². The Hall–Kier alpha value is -1.12. The quantitative estimate of drug-likeness (QED) is 0.263. The van der Waals surface area contributed by atoms with Gasteiger partial charge in [-0.05, 0) is 49.4 Å². The highest BCUT2D eigenvalue weighted by Crippen LogP contribution is 2.36. The Morgan fingerprint density at radius 3 is 2.67 bits per heavy atom. The van der Waals surface area contributed by atoms with Gasteiger partial charge in [0.1, 0.15) is 5.82 Å². The van der Waals surface area contributed by atoms with Crippen molar-refractivity contribution in [2.24, 2.45) is 5.92 Å². The van der Waals surface area contributed by atoms with Crippen molar-refractivity contribution in [3.63, 3.8) is 0 Å². The molecule has 0 aromatic carbocycles. The lowest BCUT2D eigenvalue weighted by Gasteiger charge is -2.42. The SMILES string of the molecule is Cl.Cl.O=C(NO)/C(F)=C/c1cnc(N[C@@]2(CC3CCCCC3)CCCNC2)c(Cl)c1. The second kappa shape index (κ2) is 12.7. The number of carbonyl (C=O) groups is 1. The molecule has 0 radical (unpaired) electrons. The molecule has 1 aliphatic heterocycles. The molecule has 2 heterocycles. The van der Waals surface area contributed by atoms with E-state index in [1.807, 2.05) is 0 Å². The van der Waals surface area contributed by atoms with Gasteiger partial charge < -0.3 is 10.6 Å². The van der Waals surface area contributed by atoms with Crippen LogP contribution in [0.2, 0.25) is 5.02 Å². The van der Waals surface area contributed by atoms with E-state index in [-0.39, 0.29) is 30.4 Å². The number of pyridine rings is 1. The number of hydrogen-bond donors (Lipinski definition) is 4. The number of hydrogen-bond acceptors (Lipinski definition) is 5. The van der Waals surface area contributed by atoms with E-state index >= 15 is 0 Å². The first kappa shape index (κ1) is 26.9. The van der Waals surface area contributed by atoms with Gasteiger partial charge in [-0.1, -0.05) is 43.7 Å². The van der Waals surface area contributed by atoms with Gasteiger partial charge in [0.05, 0.1) is 10.6 Å². The van der Waals surface area contributed by atoms with Gasteiger partial charge >= 0.3 is 5.91 Å². The predicted molar refractivity (Wildman–Crippen MR) is 122 cm³/mol. The lowest BCUT2D eigenvalue weighted by Crippen LogP contribution is -2.52. The highest BCUT2D eigenvalue weighted by molar-refractivity contribution is 6.33. The third-order valence-electron chi connectivity index (χ3n) is 5.73. The molecule has 1 aliphatic carbocycles. The van der Waals surface area contributed by atoms with Gasteiger partial charge in [-0.15, -0.1) is 24.8 Å². The third kappa shape index (κ3) is 7.24. The molecule has 1 atom stereocenters. The fourth-order valence-corrected chi connectivity index (χ4v) is 4.61. The third-order valence-corrected chi connectivity index (χ3v) is 6.02. The minimum absolute atomic E-state index is 0. The number of rotatable bonds is 6. The van der Waals surface area contributed by atoms with Crippen LogP contribution >= 0.6 is 36.4 Å². The normalized spacial score (nSPS) is 22.4. The van der Waals surface area contributed by atoms with Crippen LogP contribution in [0.15, 0.2) is 18.1 Å². The van der Waals surface area contributed by atoms with Crippen molar-refractivity contribution >= 4 is 54.2 Å². The van der Waals surface area contributed by atoms with Gasteiger partial charge in [-0.3, -0.25) is 10.0 Å². The van der Waals surface area contributed by atoms with E-state index in [0.29, 0.717) is 22.3 Å². The fraction of sp³-hybridized carbons (Fsp3) is 0.600. The summed E-state index contributed by atoms with van der Waals surface area (Å²) in [6.45, 7) is 1.89. The van der Waals surface area contributed by atoms with Crippen LogP contribution in [0.25, 0.3) is 6.08 Å². The highest BCUT2D eigenvalue weighted by Gasteiger charge is 2.35. The molecule has 6 nitrogen and oxygen atoms in total. The molecule has 1 saturated heterocycles. The first-order valence-corrected chi connectivity index (χ1v) is 10.4. The van der Waals surface area contributed by atoms with Crippen LogP contribution in [0, 0.1) is 5.92 Å². The number of hydroxylamine groups is 1. The maximum atomic E-state index is 13.6. The summed E-state index contributed by atoms with van der Waals surface area (Å²) in [7, 11) is 0. The molecule has 0 bridgehead atoms. The summed E-state index contributed by atoms with van der Waals surface area (Å²) in [5, 5.41) is 15.9. The lowest BCUT2D eigenvalue weighted by molar-refractivity contribution is -0.126. The van der Waals surface area contributed by atoms with Gasteiger partial charge in [0.15, 0.2) is 5.83 Å². The van der Waals surface area contributed by atoms with Crippen LogP contribution in [0.5, 0.6) is 0 Å². The Balaban J connectivity index is 0.00000225. The molecule has 4 N–H and O–H groups in total. The van der Waals surface area contributed by atoms with Crippen molar-refractivity contribution in [3.05, 3.63) is 28.7 Å². The molecule has 2 aliphatic rings. The van der Waals surface area contributed by atoms with E-state index in [4.69, 9.17) is 16.8 Å². The number of carbonyl (C=O) groups excluding carboxylic acids is 1. The molecule has 1 amide bonds. The zero-order chi connectivity index (χ0) is 20.0. The maximum Gasteiger partial charge on any atom is 0.303 e. The van der Waals surface area contributed by atoms with Crippen LogP contribution < -0.4 is 16.1 Å². The molecule has 170 valence electrons. The van der Waals surface area contributed by atoms with Crippen molar-refractivity contribution < 1.29 is 14.4 Å². The van der Waals surface area contributed by atoms with Crippen molar-refractivity contribution in [2.45, 2.75) is 56.9 Å². The Morgan fingerprint density at radius 1 is 1.33 bits per heavy atom. The number of nitrogens with one attached hydrogen (secondary N) is 3.